The van der Waals surface area contributed by atoms with Crippen molar-refractivity contribution in [2.75, 3.05) is 6.54 Å². The quantitative estimate of drug-likeness (QED) is 0.828. The van der Waals surface area contributed by atoms with E-state index in [0.29, 0.717) is 16.5 Å². The minimum Gasteiger partial charge on any atom is -0.480 e. The molecule has 1 atom stereocenters. The van der Waals surface area contributed by atoms with Gasteiger partial charge in [-0.3, -0.25) is 9.69 Å². The Bertz CT molecular complexity index is 655. The molecule has 1 saturated heterocycles. The van der Waals surface area contributed by atoms with Gasteiger partial charge < -0.3 is 5.11 Å². The molecule has 126 valence electrons. The zero-order chi connectivity index (χ0) is 17.1. The van der Waals surface area contributed by atoms with Crippen LogP contribution in [0.3, 0.4) is 0 Å². The van der Waals surface area contributed by atoms with Gasteiger partial charge in [0.05, 0.1) is 6.04 Å². The topological polar surface area (TPSA) is 40.5 Å². The van der Waals surface area contributed by atoms with E-state index in [9.17, 15) is 9.90 Å². The molecule has 5 heteroatoms. The number of carboxylic acids is 1. The van der Waals surface area contributed by atoms with E-state index in [4.69, 9.17) is 23.2 Å². The van der Waals surface area contributed by atoms with Crippen LogP contribution in [0.4, 0.5) is 0 Å². The summed E-state index contributed by atoms with van der Waals surface area (Å²) in [6.07, 6.45) is 2.62. The Morgan fingerprint density at radius 3 is 1.92 bits per heavy atom. The standard InChI is InChI=1S/C19H19Cl2NO2/c20-15-8-4-13(5-9-15)18(14-6-10-16(21)11-7-14)22-12-2-1-3-17(22)19(23)24/h4-11,17-18H,1-3,12H2,(H,23,24). The van der Waals surface area contributed by atoms with Crippen molar-refractivity contribution in [2.45, 2.75) is 31.3 Å². The van der Waals surface area contributed by atoms with Crippen molar-refractivity contribution in [3.8, 4) is 0 Å². The maximum atomic E-state index is 11.8. The molecular formula is C19H19Cl2NO2. The molecule has 1 heterocycles. The first-order chi connectivity index (χ1) is 11.6. The van der Waals surface area contributed by atoms with Crippen LogP contribution in [0.15, 0.2) is 48.5 Å². The molecule has 0 saturated carbocycles. The van der Waals surface area contributed by atoms with E-state index in [-0.39, 0.29) is 6.04 Å². The molecule has 0 aliphatic carbocycles. The Morgan fingerprint density at radius 2 is 1.46 bits per heavy atom. The van der Waals surface area contributed by atoms with Gasteiger partial charge in [0.25, 0.3) is 0 Å². The highest BCUT2D eigenvalue weighted by molar-refractivity contribution is 6.30. The monoisotopic (exact) mass is 363 g/mol. The summed E-state index contributed by atoms with van der Waals surface area (Å²) < 4.78 is 0. The van der Waals surface area contributed by atoms with Gasteiger partial charge >= 0.3 is 5.97 Å². The number of aliphatic carboxylic acids is 1. The fourth-order valence-corrected chi connectivity index (χ4v) is 3.65. The van der Waals surface area contributed by atoms with Crippen molar-refractivity contribution in [3.05, 3.63) is 69.7 Å². The molecule has 2 aromatic carbocycles. The Labute approximate surface area is 151 Å². The van der Waals surface area contributed by atoms with Crippen LogP contribution in [0, 0.1) is 0 Å². The van der Waals surface area contributed by atoms with E-state index in [1.807, 2.05) is 48.5 Å². The number of benzene rings is 2. The van der Waals surface area contributed by atoms with Gasteiger partial charge in [-0.2, -0.15) is 0 Å². The molecule has 0 aromatic heterocycles. The summed E-state index contributed by atoms with van der Waals surface area (Å²) in [7, 11) is 0. The van der Waals surface area contributed by atoms with Crippen molar-refractivity contribution in [1.82, 2.24) is 4.90 Å². The largest absolute Gasteiger partial charge is 0.480 e. The normalized spacial score (nSPS) is 18.7. The molecule has 1 unspecified atom stereocenters. The maximum absolute atomic E-state index is 11.8. The van der Waals surface area contributed by atoms with Gasteiger partial charge in [0.1, 0.15) is 6.04 Å². The molecule has 0 amide bonds. The summed E-state index contributed by atoms with van der Waals surface area (Å²) >= 11 is 12.0. The van der Waals surface area contributed by atoms with E-state index in [1.54, 1.807) is 0 Å². The van der Waals surface area contributed by atoms with Crippen molar-refractivity contribution < 1.29 is 9.90 Å². The first-order valence-corrected chi connectivity index (χ1v) is 8.81. The van der Waals surface area contributed by atoms with Crippen molar-refractivity contribution >= 4 is 29.2 Å². The van der Waals surface area contributed by atoms with Crippen LogP contribution in [0.5, 0.6) is 0 Å². The molecule has 3 rings (SSSR count). The number of halogens is 2. The molecule has 0 spiro atoms. The summed E-state index contributed by atoms with van der Waals surface area (Å²) in [5.74, 6) is -0.761. The molecule has 0 bridgehead atoms. The number of nitrogens with zero attached hydrogens (tertiary/aromatic N) is 1. The maximum Gasteiger partial charge on any atom is 0.320 e. The van der Waals surface area contributed by atoms with Crippen LogP contribution >= 0.6 is 23.2 Å². The molecular weight excluding hydrogens is 345 g/mol. The molecule has 2 aromatic rings. The molecule has 1 fully saturated rings. The lowest BCUT2D eigenvalue weighted by Crippen LogP contribution is -2.46. The summed E-state index contributed by atoms with van der Waals surface area (Å²) in [5, 5.41) is 11.0. The highest BCUT2D eigenvalue weighted by Gasteiger charge is 2.35. The zero-order valence-corrected chi connectivity index (χ0v) is 14.7. The van der Waals surface area contributed by atoms with Gasteiger partial charge in [-0.25, -0.2) is 0 Å². The molecule has 1 aliphatic heterocycles. The predicted molar refractivity (Wildman–Crippen MR) is 96.7 cm³/mol. The average molecular weight is 364 g/mol. The Hall–Kier alpha value is -1.55. The minimum absolute atomic E-state index is 0.124. The Morgan fingerprint density at radius 1 is 0.958 bits per heavy atom. The van der Waals surface area contributed by atoms with Crippen LogP contribution in [-0.2, 0) is 4.79 Å². The number of hydrogen-bond donors (Lipinski definition) is 1. The Kier molecular flexibility index (Phi) is 5.44. The third kappa shape index (κ3) is 3.75. The molecule has 1 aliphatic rings. The fraction of sp³-hybridized carbons (Fsp3) is 0.316. The van der Waals surface area contributed by atoms with Gasteiger partial charge in [-0.1, -0.05) is 53.9 Å². The predicted octanol–water partition coefficient (Wildman–Crippen LogP) is 5.02. The zero-order valence-electron chi connectivity index (χ0n) is 13.2. The van der Waals surface area contributed by atoms with E-state index in [0.717, 1.165) is 30.5 Å². The third-order valence-electron chi connectivity index (χ3n) is 4.53. The van der Waals surface area contributed by atoms with Crippen LogP contribution in [-0.4, -0.2) is 28.6 Å². The molecule has 1 N–H and O–H groups in total. The smallest absolute Gasteiger partial charge is 0.320 e. The SMILES string of the molecule is O=C(O)C1CCCCN1C(c1ccc(Cl)cc1)c1ccc(Cl)cc1. The van der Waals surface area contributed by atoms with Crippen molar-refractivity contribution in [3.63, 3.8) is 0 Å². The molecule has 24 heavy (non-hydrogen) atoms. The van der Waals surface area contributed by atoms with Crippen LogP contribution < -0.4 is 0 Å². The highest BCUT2D eigenvalue weighted by atomic mass is 35.5. The number of likely N-dealkylation sites (tertiary alicyclic amines) is 1. The van der Waals surface area contributed by atoms with Crippen molar-refractivity contribution in [1.29, 1.82) is 0 Å². The number of carboxylic acid groups (broad SMARTS) is 1. The fourth-order valence-electron chi connectivity index (χ4n) is 3.39. The van der Waals surface area contributed by atoms with Gasteiger partial charge in [0, 0.05) is 10.0 Å². The van der Waals surface area contributed by atoms with Gasteiger partial charge in [-0.15, -0.1) is 0 Å². The van der Waals surface area contributed by atoms with Crippen LogP contribution in [0.25, 0.3) is 0 Å². The van der Waals surface area contributed by atoms with E-state index < -0.39 is 12.0 Å². The highest BCUT2D eigenvalue weighted by Crippen LogP contribution is 2.35. The number of rotatable bonds is 4. The molecule has 3 nitrogen and oxygen atoms in total. The average Bonchev–Trinajstić information content (AvgIpc) is 2.59. The summed E-state index contributed by atoms with van der Waals surface area (Å²) in [5.41, 5.74) is 2.07. The van der Waals surface area contributed by atoms with E-state index in [1.165, 1.54) is 0 Å². The van der Waals surface area contributed by atoms with E-state index >= 15 is 0 Å². The third-order valence-corrected chi connectivity index (χ3v) is 5.04. The second kappa shape index (κ2) is 7.56. The number of carbonyl (C=O) groups is 1. The first kappa shape index (κ1) is 17.3. The number of hydrogen-bond acceptors (Lipinski definition) is 2. The minimum atomic E-state index is -0.761. The van der Waals surface area contributed by atoms with Crippen molar-refractivity contribution in [2.24, 2.45) is 0 Å². The second-order valence-corrected chi connectivity index (χ2v) is 6.97. The van der Waals surface area contributed by atoms with E-state index in [2.05, 4.69) is 4.90 Å². The summed E-state index contributed by atoms with van der Waals surface area (Å²) in [4.78, 5) is 13.8. The lowest BCUT2D eigenvalue weighted by Gasteiger charge is -2.39. The first-order valence-electron chi connectivity index (χ1n) is 8.06. The van der Waals surface area contributed by atoms with Gasteiger partial charge in [0.2, 0.25) is 0 Å². The Balaban J connectivity index is 2.05. The second-order valence-electron chi connectivity index (χ2n) is 6.09. The summed E-state index contributed by atoms with van der Waals surface area (Å²) in [6, 6.07) is 14.7. The molecule has 0 radical (unpaired) electrons. The lowest BCUT2D eigenvalue weighted by atomic mass is 9.92. The van der Waals surface area contributed by atoms with Crippen LogP contribution in [0.2, 0.25) is 10.0 Å². The lowest BCUT2D eigenvalue weighted by molar-refractivity contribution is -0.145. The summed E-state index contributed by atoms with van der Waals surface area (Å²) in [6.45, 7) is 0.757. The van der Waals surface area contributed by atoms with Gasteiger partial charge in [0.15, 0.2) is 0 Å². The van der Waals surface area contributed by atoms with Gasteiger partial charge in [-0.05, 0) is 54.8 Å². The number of piperidine rings is 1. The van der Waals surface area contributed by atoms with Crippen LogP contribution in [0.1, 0.15) is 36.4 Å².